The van der Waals surface area contributed by atoms with Gasteiger partial charge in [-0.2, -0.15) is 18.3 Å². The van der Waals surface area contributed by atoms with Crippen molar-refractivity contribution in [1.29, 1.82) is 0 Å². The van der Waals surface area contributed by atoms with Crippen LogP contribution in [0.2, 0.25) is 0 Å². The predicted molar refractivity (Wildman–Crippen MR) is 107 cm³/mol. The summed E-state index contributed by atoms with van der Waals surface area (Å²) in [5.41, 5.74) is 1.98. The number of fused-ring (bicyclic) bond motifs is 2. The molecule has 0 radical (unpaired) electrons. The van der Waals surface area contributed by atoms with E-state index in [1.807, 2.05) is 19.1 Å². The van der Waals surface area contributed by atoms with Crippen LogP contribution in [0.3, 0.4) is 0 Å². The number of benzene rings is 1. The molecule has 0 saturated heterocycles. The fourth-order valence-corrected chi connectivity index (χ4v) is 4.73. The third-order valence-electron chi connectivity index (χ3n) is 6.32. The van der Waals surface area contributed by atoms with Gasteiger partial charge in [-0.15, -0.1) is 0 Å². The lowest BCUT2D eigenvalue weighted by atomic mass is 9.92. The molecule has 1 aromatic heterocycles. The molecule has 1 amide bonds. The van der Waals surface area contributed by atoms with Gasteiger partial charge in [0.25, 0.3) is 0 Å². The number of hydrogen-bond donors (Lipinski definition) is 0. The lowest BCUT2D eigenvalue weighted by Crippen LogP contribution is -2.41. The van der Waals surface area contributed by atoms with E-state index < -0.39 is 11.9 Å². The molecule has 31 heavy (non-hydrogen) atoms. The zero-order chi connectivity index (χ0) is 22.3. The van der Waals surface area contributed by atoms with Gasteiger partial charge >= 0.3 is 6.18 Å². The molecule has 0 bridgehead atoms. The van der Waals surface area contributed by atoms with E-state index in [0.717, 1.165) is 17.5 Å². The molecule has 1 aliphatic carbocycles. The molecule has 0 fully saturated rings. The highest BCUT2D eigenvalue weighted by molar-refractivity contribution is 5.77. The highest BCUT2D eigenvalue weighted by atomic mass is 19.4. The van der Waals surface area contributed by atoms with E-state index in [0.29, 0.717) is 49.4 Å². The Bertz CT molecular complexity index is 1000. The van der Waals surface area contributed by atoms with Gasteiger partial charge in [-0.3, -0.25) is 9.48 Å². The highest BCUT2D eigenvalue weighted by Gasteiger charge is 2.40. The van der Waals surface area contributed by atoms with Crippen LogP contribution in [0.1, 0.15) is 53.9 Å². The summed E-state index contributed by atoms with van der Waals surface area (Å²) in [5.74, 6) is 0.979. The SMILES string of the molecule is COc1cc2c(cc1OC)C(C)N(C(=O)Cn1nc(C(F)(F)F)c3c1CCCC3)CC2. The van der Waals surface area contributed by atoms with E-state index in [-0.39, 0.29) is 24.1 Å². The molecule has 1 aliphatic heterocycles. The number of nitrogens with zero attached hydrogens (tertiary/aromatic N) is 3. The molecular weight excluding hydrogens is 411 g/mol. The minimum atomic E-state index is -4.51. The number of halogens is 3. The van der Waals surface area contributed by atoms with Crippen molar-refractivity contribution in [2.75, 3.05) is 20.8 Å². The largest absolute Gasteiger partial charge is 0.493 e. The van der Waals surface area contributed by atoms with Crippen molar-refractivity contribution in [2.45, 2.75) is 57.8 Å². The van der Waals surface area contributed by atoms with Crippen molar-refractivity contribution in [3.05, 3.63) is 40.2 Å². The summed E-state index contributed by atoms with van der Waals surface area (Å²) in [5, 5.41) is 3.82. The summed E-state index contributed by atoms with van der Waals surface area (Å²) < 4.78 is 52.4. The van der Waals surface area contributed by atoms with Crippen LogP contribution in [0, 0.1) is 0 Å². The van der Waals surface area contributed by atoms with Gasteiger partial charge in [0, 0.05) is 17.8 Å². The van der Waals surface area contributed by atoms with Crippen molar-refractivity contribution in [2.24, 2.45) is 0 Å². The third-order valence-corrected chi connectivity index (χ3v) is 6.32. The maximum Gasteiger partial charge on any atom is 0.435 e. The average Bonchev–Trinajstić information content (AvgIpc) is 3.12. The Morgan fingerprint density at radius 2 is 1.81 bits per heavy atom. The Morgan fingerprint density at radius 1 is 1.13 bits per heavy atom. The molecular formula is C22H26F3N3O3. The summed E-state index contributed by atoms with van der Waals surface area (Å²) >= 11 is 0. The fraction of sp³-hybridized carbons (Fsp3) is 0.545. The van der Waals surface area contributed by atoms with Crippen LogP contribution in [0.25, 0.3) is 0 Å². The number of aromatic nitrogens is 2. The van der Waals surface area contributed by atoms with Crippen LogP contribution in [0.15, 0.2) is 12.1 Å². The quantitative estimate of drug-likeness (QED) is 0.727. The van der Waals surface area contributed by atoms with Gasteiger partial charge in [0.15, 0.2) is 17.2 Å². The molecule has 1 unspecified atom stereocenters. The van der Waals surface area contributed by atoms with E-state index in [1.165, 1.54) is 4.68 Å². The van der Waals surface area contributed by atoms with Crippen molar-refractivity contribution in [3.63, 3.8) is 0 Å². The lowest BCUT2D eigenvalue weighted by molar-refractivity contribution is -0.143. The van der Waals surface area contributed by atoms with Crippen LogP contribution in [-0.4, -0.2) is 41.4 Å². The number of hydrogen-bond acceptors (Lipinski definition) is 4. The number of rotatable bonds is 4. The van der Waals surface area contributed by atoms with E-state index >= 15 is 0 Å². The number of carbonyl (C=O) groups is 1. The zero-order valence-corrected chi connectivity index (χ0v) is 17.9. The van der Waals surface area contributed by atoms with Crippen LogP contribution in [-0.2, 0) is 36.8 Å². The molecule has 2 aliphatic rings. The zero-order valence-electron chi connectivity index (χ0n) is 17.9. The second-order valence-corrected chi connectivity index (χ2v) is 8.06. The van der Waals surface area contributed by atoms with E-state index in [1.54, 1.807) is 19.1 Å². The van der Waals surface area contributed by atoms with Gasteiger partial charge in [0.2, 0.25) is 5.91 Å². The first-order valence-corrected chi connectivity index (χ1v) is 10.4. The topological polar surface area (TPSA) is 56.6 Å². The first-order valence-electron chi connectivity index (χ1n) is 10.4. The fourth-order valence-electron chi connectivity index (χ4n) is 4.73. The first-order chi connectivity index (χ1) is 14.7. The second kappa shape index (κ2) is 8.09. The molecule has 4 rings (SSSR count). The summed E-state index contributed by atoms with van der Waals surface area (Å²) in [6, 6.07) is 3.56. The van der Waals surface area contributed by atoms with Gasteiger partial charge in [0.05, 0.1) is 20.3 Å². The van der Waals surface area contributed by atoms with Gasteiger partial charge in [-0.25, -0.2) is 0 Å². The molecule has 0 saturated carbocycles. The van der Waals surface area contributed by atoms with Crippen molar-refractivity contribution < 1.29 is 27.4 Å². The van der Waals surface area contributed by atoms with E-state index in [2.05, 4.69) is 5.10 Å². The van der Waals surface area contributed by atoms with Crippen LogP contribution in [0.5, 0.6) is 11.5 Å². The Balaban J connectivity index is 1.60. The van der Waals surface area contributed by atoms with Gasteiger partial charge in [-0.1, -0.05) is 0 Å². The minimum absolute atomic E-state index is 0.189. The minimum Gasteiger partial charge on any atom is -0.493 e. The number of ether oxygens (including phenoxy) is 2. The average molecular weight is 437 g/mol. The molecule has 2 heterocycles. The van der Waals surface area contributed by atoms with Crippen molar-refractivity contribution in [1.82, 2.24) is 14.7 Å². The van der Waals surface area contributed by atoms with Gasteiger partial charge in [-0.05, 0) is 62.3 Å². The molecule has 2 aromatic rings. The predicted octanol–water partition coefficient (Wildman–Crippen LogP) is 3.94. The summed E-state index contributed by atoms with van der Waals surface area (Å²) in [4.78, 5) is 14.8. The van der Waals surface area contributed by atoms with Gasteiger partial charge in [0.1, 0.15) is 6.54 Å². The molecule has 9 heteroatoms. The van der Waals surface area contributed by atoms with E-state index in [4.69, 9.17) is 9.47 Å². The van der Waals surface area contributed by atoms with E-state index in [9.17, 15) is 18.0 Å². The van der Waals surface area contributed by atoms with Crippen LogP contribution >= 0.6 is 0 Å². The van der Waals surface area contributed by atoms with Crippen LogP contribution < -0.4 is 9.47 Å². The molecule has 6 nitrogen and oxygen atoms in total. The normalized spacial score (nSPS) is 18.4. The lowest BCUT2D eigenvalue weighted by Gasteiger charge is -2.36. The summed E-state index contributed by atoms with van der Waals surface area (Å²) in [6.45, 7) is 2.21. The Hall–Kier alpha value is -2.71. The number of alkyl halides is 3. The van der Waals surface area contributed by atoms with Crippen molar-refractivity contribution >= 4 is 5.91 Å². The summed E-state index contributed by atoms with van der Waals surface area (Å²) in [6.07, 6.45) is -1.49. The maximum absolute atomic E-state index is 13.4. The Morgan fingerprint density at radius 3 is 2.48 bits per heavy atom. The first kappa shape index (κ1) is 21.5. The molecule has 0 spiro atoms. The molecule has 1 aromatic carbocycles. The van der Waals surface area contributed by atoms with Crippen molar-refractivity contribution in [3.8, 4) is 11.5 Å². The molecule has 0 N–H and O–H groups in total. The summed E-state index contributed by atoms with van der Waals surface area (Å²) in [7, 11) is 3.13. The number of methoxy groups -OCH3 is 2. The molecule has 1 atom stereocenters. The highest BCUT2D eigenvalue weighted by Crippen LogP contribution is 2.39. The monoisotopic (exact) mass is 437 g/mol. The smallest absolute Gasteiger partial charge is 0.435 e. The number of carbonyl (C=O) groups excluding carboxylic acids is 1. The van der Waals surface area contributed by atoms with Gasteiger partial charge < -0.3 is 14.4 Å². The Kier molecular flexibility index (Phi) is 5.61. The number of amides is 1. The Labute approximate surface area is 178 Å². The third kappa shape index (κ3) is 3.85. The van der Waals surface area contributed by atoms with Crippen LogP contribution in [0.4, 0.5) is 13.2 Å². The maximum atomic E-state index is 13.4. The molecule has 168 valence electrons. The second-order valence-electron chi connectivity index (χ2n) is 8.06. The standard InChI is InChI=1S/C22H26F3N3O3/c1-13-16-11-19(31-3)18(30-2)10-14(16)8-9-27(13)20(29)12-28-17-7-5-4-6-15(17)21(26-28)22(23,24)25/h10-11,13H,4-9,12H2,1-3H3.